The molecule has 7 heteroatoms. The van der Waals surface area contributed by atoms with Crippen molar-refractivity contribution in [1.82, 2.24) is 9.38 Å². The average Bonchev–Trinajstić information content (AvgIpc) is 3.12. The first-order chi connectivity index (χ1) is 11.6. The normalized spacial score (nSPS) is 16.7. The molecule has 2 aromatic rings. The second-order valence-corrected chi connectivity index (χ2v) is 13.8. The quantitative estimate of drug-likeness (QED) is 0.508. The van der Waals surface area contributed by atoms with Gasteiger partial charge in [0.25, 0.3) is 0 Å². The number of imidazole rings is 1. The van der Waals surface area contributed by atoms with Gasteiger partial charge in [-0.1, -0.05) is 20.8 Å². The lowest BCUT2D eigenvalue weighted by Crippen LogP contribution is -2.46. The topological polar surface area (TPSA) is 59.5 Å². The first-order valence-electron chi connectivity index (χ1n) is 8.47. The fraction of sp³-hybridized carbons (Fsp3) is 0.556. The van der Waals surface area contributed by atoms with Crippen molar-refractivity contribution in [1.29, 1.82) is 5.26 Å². The predicted molar refractivity (Wildman–Crippen MR) is 103 cm³/mol. The highest BCUT2D eigenvalue weighted by molar-refractivity contribution is 9.10. The third-order valence-electron chi connectivity index (χ3n) is 5.24. The summed E-state index contributed by atoms with van der Waals surface area (Å²) in [5, 5.41) is 9.32. The molecule has 0 N–H and O–H groups in total. The van der Waals surface area contributed by atoms with Crippen LogP contribution in [0.5, 0.6) is 5.75 Å². The van der Waals surface area contributed by atoms with E-state index < -0.39 is 8.32 Å². The average molecular weight is 422 g/mol. The molecular formula is C18H24BrN3O2Si. The van der Waals surface area contributed by atoms with E-state index in [4.69, 9.17) is 14.4 Å². The van der Waals surface area contributed by atoms with Gasteiger partial charge < -0.3 is 9.16 Å². The van der Waals surface area contributed by atoms with Crippen molar-refractivity contribution >= 4 is 29.9 Å². The third kappa shape index (κ3) is 3.62. The van der Waals surface area contributed by atoms with Crippen LogP contribution < -0.4 is 4.74 Å². The second kappa shape index (κ2) is 6.11. The number of nitrogens with zero attached hydrogens (tertiary/aromatic N) is 3. The first-order valence-corrected chi connectivity index (χ1v) is 12.2. The van der Waals surface area contributed by atoms with Crippen LogP contribution in [0.25, 0.3) is 5.65 Å². The van der Waals surface area contributed by atoms with Crippen LogP contribution in [-0.4, -0.2) is 29.9 Å². The summed E-state index contributed by atoms with van der Waals surface area (Å²) in [7, 11) is -1.81. The number of aromatic nitrogens is 2. The summed E-state index contributed by atoms with van der Waals surface area (Å²) >= 11 is 3.50. The van der Waals surface area contributed by atoms with Crippen LogP contribution in [0.3, 0.4) is 0 Å². The molecule has 0 spiro atoms. The lowest BCUT2D eigenvalue weighted by molar-refractivity contribution is 0.0942. The molecule has 1 saturated carbocycles. The maximum atomic E-state index is 9.13. The van der Waals surface area contributed by atoms with Gasteiger partial charge in [0.1, 0.15) is 29.8 Å². The highest BCUT2D eigenvalue weighted by Gasteiger charge is 2.52. The Bertz CT molecular complexity index is 844. The number of fused-ring (bicyclic) bond motifs is 1. The molecule has 134 valence electrons. The highest BCUT2D eigenvalue weighted by atomic mass is 79.9. The van der Waals surface area contributed by atoms with E-state index in [2.05, 4.69) is 60.8 Å². The van der Waals surface area contributed by atoms with E-state index in [1.165, 1.54) is 0 Å². The monoisotopic (exact) mass is 421 g/mol. The molecule has 0 aromatic carbocycles. The molecule has 2 heterocycles. The van der Waals surface area contributed by atoms with E-state index in [0.717, 1.165) is 23.2 Å². The van der Waals surface area contributed by atoms with E-state index >= 15 is 0 Å². The summed E-state index contributed by atoms with van der Waals surface area (Å²) in [6, 6.07) is 5.86. The number of hydrogen-bond donors (Lipinski definition) is 0. The highest BCUT2D eigenvalue weighted by Crippen LogP contribution is 2.47. The summed E-state index contributed by atoms with van der Waals surface area (Å²) in [6.45, 7) is 11.9. The van der Waals surface area contributed by atoms with Crippen molar-refractivity contribution in [2.75, 3.05) is 6.61 Å². The maximum absolute atomic E-state index is 9.13. The van der Waals surface area contributed by atoms with Crippen LogP contribution in [0.1, 0.15) is 39.3 Å². The molecule has 0 atom stereocenters. The van der Waals surface area contributed by atoms with Gasteiger partial charge in [0.05, 0.1) is 16.4 Å². The molecule has 25 heavy (non-hydrogen) atoms. The Balaban J connectivity index is 1.74. The lowest BCUT2D eigenvalue weighted by atomic mass is 10.2. The molecule has 1 aliphatic carbocycles. The van der Waals surface area contributed by atoms with Crippen LogP contribution in [0.4, 0.5) is 0 Å². The zero-order valence-electron chi connectivity index (χ0n) is 15.4. The van der Waals surface area contributed by atoms with Crippen LogP contribution in [0.15, 0.2) is 22.9 Å². The molecule has 1 fully saturated rings. The minimum absolute atomic E-state index is 0.144. The number of hydrogen-bond acceptors (Lipinski definition) is 4. The predicted octanol–water partition coefficient (Wildman–Crippen LogP) is 4.90. The van der Waals surface area contributed by atoms with Gasteiger partial charge in [0, 0.05) is 12.1 Å². The fourth-order valence-corrected chi connectivity index (χ4v) is 4.78. The van der Waals surface area contributed by atoms with Crippen molar-refractivity contribution < 1.29 is 9.16 Å². The minimum atomic E-state index is -1.81. The molecule has 0 bridgehead atoms. The SMILES string of the molecule is CC(C)(C)[Si](C)(C)OC1(COc2cc(Br)n3c(C#N)cnc3c2)CC1. The molecule has 2 aromatic heterocycles. The van der Waals surface area contributed by atoms with Gasteiger partial charge in [0.2, 0.25) is 0 Å². The summed E-state index contributed by atoms with van der Waals surface area (Å²) in [6.07, 6.45) is 3.66. The largest absolute Gasteiger partial charge is 0.490 e. The van der Waals surface area contributed by atoms with Gasteiger partial charge in [-0.15, -0.1) is 0 Å². The zero-order chi connectivity index (χ0) is 18.5. The maximum Gasteiger partial charge on any atom is 0.193 e. The van der Waals surface area contributed by atoms with Gasteiger partial charge in [-0.2, -0.15) is 5.26 Å². The van der Waals surface area contributed by atoms with E-state index in [0.29, 0.717) is 17.9 Å². The van der Waals surface area contributed by atoms with E-state index in [1.54, 1.807) is 10.6 Å². The van der Waals surface area contributed by atoms with Crippen LogP contribution in [0.2, 0.25) is 18.1 Å². The van der Waals surface area contributed by atoms with Gasteiger partial charge in [0.15, 0.2) is 8.32 Å². The summed E-state index contributed by atoms with van der Waals surface area (Å²) in [4.78, 5) is 4.27. The van der Waals surface area contributed by atoms with E-state index in [9.17, 15) is 0 Å². The Hall–Kier alpha value is -1.36. The van der Waals surface area contributed by atoms with Crippen molar-refractivity contribution in [2.24, 2.45) is 0 Å². The molecule has 0 unspecified atom stereocenters. The van der Waals surface area contributed by atoms with Gasteiger partial charge >= 0.3 is 0 Å². The van der Waals surface area contributed by atoms with Gasteiger partial charge in [-0.25, -0.2) is 4.98 Å². The molecule has 0 aliphatic heterocycles. The standard InChI is InChI=1S/C18H24BrN3O2Si/c1-17(2,3)25(4,5)24-18(6-7-18)12-23-14-8-15(19)22-13(10-20)11-21-16(22)9-14/h8-9,11H,6-7,12H2,1-5H3. The number of ether oxygens (including phenoxy) is 1. The summed E-state index contributed by atoms with van der Waals surface area (Å²) in [5.41, 5.74) is 1.04. The first kappa shape index (κ1) is 18.4. The minimum Gasteiger partial charge on any atom is -0.490 e. The van der Waals surface area contributed by atoms with Crippen molar-refractivity contribution in [3.05, 3.63) is 28.6 Å². The summed E-state index contributed by atoms with van der Waals surface area (Å²) in [5.74, 6) is 0.736. The van der Waals surface area contributed by atoms with E-state index in [1.807, 2.05) is 12.1 Å². The molecule has 0 radical (unpaired) electrons. The molecule has 0 amide bonds. The Kier molecular flexibility index (Phi) is 4.51. The Morgan fingerprint density at radius 1 is 1.36 bits per heavy atom. The fourth-order valence-electron chi connectivity index (χ4n) is 2.53. The number of halogens is 1. The Morgan fingerprint density at radius 3 is 2.60 bits per heavy atom. The molecule has 3 rings (SSSR count). The third-order valence-corrected chi connectivity index (χ3v) is 10.4. The van der Waals surface area contributed by atoms with Crippen LogP contribution in [0, 0.1) is 11.3 Å². The van der Waals surface area contributed by atoms with Gasteiger partial charge in [-0.05, 0) is 46.9 Å². The molecule has 1 aliphatic rings. The Morgan fingerprint density at radius 2 is 2.04 bits per heavy atom. The number of pyridine rings is 1. The van der Waals surface area contributed by atoms with Gasteiger partial charge in [-0.3, -0.25) is 4.40 Å². The molecule has 0 saturated heterocycles. The molecular weight excluding hydrogens is 398 g/mol. The van der Waals surface area contributed by atoms with E-state index in [-0.39, 0.29) is 10.6 Å². The van der Waals surface area contributed by atoms with Crippen molar-refractivity contribution in [3.63, 3.8) is 0 Å². The second-order valence-electron chi connectivity index (χ2n) is 8.30. The smallest absolute Gasteiger partial charge is 0.193 e. The zero-order valence-corrected chi connectivity index (χ0v) is 18.0. The van der Waals surface area contributed by atoms with Crippen molar-refractivity contribution in [3.8, 4) is 11.8 Å². The Labute approximate surface area is 158 Å². The number of rotatable bonds is 5. The number of nitriles is 1. The van der Waals surface area contributed by atoms with Crippen LogP contribution in [-0.2, 0) is 4.43 Å². The summed E-state index contributed by atoms with van der Waals surface area (Å²) < 4.78 is 15.2. The lowest BCUT2D eigenvalue weighted by Gasteiger charge is -2.39. The molecule has 5 nitrogen and oxygen atoms in total. The van der Waals surface area contributed by atoms with Crippen LogP contribution >= 0.6 is 15.9 Å². The van der Waals surface area contributed by atoms with Crippen molar-refractivity contribution in [2.45, 2.75) is 57.3 Å².